The number of aromatic nitrogens is 3. The summed E-state index contributed by atoms with van der Waals surface area (Å²) in [5.41, 5.74) is 1.23. The number of aliphatic hydroxyl groups excluding tert-OH is 1. The third-order valence-corrected chi connectivity index (χ3v) is 3.36. The van der Waals surface area contributed by atoms with Gasteiger partial charge in [0.1, 0.15) is 5.69 Å². The number of nitrogens with one attached hydrogen (secondary N) is 1. The molecule has 3 rings (SSSR count). The van der Waals surface area contributed by atoms with E-state index in [1.54, 1.807) is 36.4 Å². The first-order valence-corrected chi connectivity index (χ1v) is 7.23. The van der Waals surface area contributed by atoms with Crippen LogP contribution in [0.3, 0.4) is 0 Å². The minimum absolute atomic E-state index is 0.114. The minimum Gasteiger partial charge on any atom is -0.463 e. The Labute approximate surface area is 136 Å². The Morgan fingerprint density at radius 2 is 2.09 bits per heavy atom. The van der Waals surface area contributed by atoms with Gasteiger partial charge in [0, 0.05) is 11.6 Å². The van der Waals surface area contributed by atoms with E-state index in [9.17, 15) is 4.79 Å². The van der Waals surface area contributed by atoms with E-state index in [0.29, 0.717) is 22.2 Å². The summed E-state index contributed by atoms with van der Waals surface area (Å²) in [6, 6.07) is 10.4. The Balaban J connectivity index is 2.08. The fourth-order valence-corrected chi connectivity index (χ4v) is 2.21. The summed E-state index contributed by atoms with van der Waals surface area (Å²) in [5.74, 6) is 0.0183. The number of halogens is 1. The maximum absolute atomic E-state index is 12.2. The molecule has 1 aromatic carbocycles. The number of amides is 1. The van der Waals surface area contributed by atoms with Crippen molar-refractivity contribution >= 4 is 17.5 Å². The van der Waals surface area contributed by atoms with Crippen molar-refractivity contribution in [2.75, 3.05) is 13.2 Å². The van der Waals surface area contributed by atoms with Crippen LogP contribution in [0.2, 0.25) is 5.02 Å². The van der Waals surface area contributed by atoms with E-state index in [2.05, 4.69) is 15.6 Å². The lowest BCUT2D eigenvalue weighted by Gasteiger charge is -2.06. The highest BCUT2D eigenvalue weighted by atomic mass is 35.5. The Bertz CT molecular complexity index is 797. The first kappa shape index (κ1) is 15.3. The number of carbonyl (C=O) groups is 1. The van der Waals surface area contributed by atoms with Crippen LogP contribution in [0, 0.1) is 0 Å². The molecule has 23 heavy (non-hydrogen) atoms. The van der Waals surface area contributed by atoms with Crippen molar-refractivity contribution < 1.29 is 14.3 Å². The fourth-order valence-electron chi connectivity index (χ4n) is 2.09. The van der Waals surface area contributed by atoms with Crippen LogP contribution in [0.15, 0.2) is 47.1 Å². The maximum Gasteiger partial charge on any atom is 0.274 e. The van der Waals surface area contributed by atoms with E-state index < -0.39 is 5.91 Å². The summed E-state index contributed by atoms with van der Waals surface area (Å²) in [4.78, 5) is 12.2. The third kappa shape index (κ3) is 3.10. The Morgan fingerprint density at radius 3 is 2.74 bits per heavy atom. The summed E-state index contributed by atoms with van der Waals surface area (Å²) in [6.45, 7) is -0.0304. The van der Waals surface area contributed by atoms with Crippen LogP contribution >= 0.6 is 11.6 Å². The van der Waals surface area contributed by atoms with Gasteiger partial charge in [-0.2, -0.15) is 0 Å². The number of hydrogen-bond donors (Lipinski definition) is 2. The van der Waals surface area contributed by atoms with Gasteiger partial charge in [0.15, 0.2) is 11.5 Å². The second-order valence-corrected chi connectivity index (χ2v) is 5.07. The van der Waals surface area contributed by atoms with Crippen molar-refractivity contribution in [2.24, 2.45) is 0 Å². The molecule has 2 N–H and O–H groups in total. The molecule has 8 heteroatoms. The van der Waals surface area contributed by atoms with E-state index in [0.717, 1.165) is 0 Å². The van der Waals surface area contributed by atoms with Crippen LogP contribution < -0.4 is 5.32 Å². The van der Waals surface area contributed by atoms with E-state index in [1.165, 1.54) is 10.9 Å². The van der Waals surface area contributed by atoms with Gasteiger partial charge in [-0.15, -0.1) is 5.10 Å². The summed E-state index contributed by atoms with van der Waals surface area (Å²) < 4.78 is 6.91. The monoisotopic (exact) mass is 332 g/mol. The molecule has 0 unspecified atom stereocenters. The van der Waals surface area contributed by atoms with E-state index in [-0.39, 0.29) is 18.8 Å². The van der Waals surface area contributed by atoms with E-state index in [4.69, 9.17) is 21.1 Å². The summed E-state index contributed by atoms with van der Waals surface area (Å²) >= 11 is 5.90. The fraction of sp³-hybridized carbons (Fsp3) is 0.133. The van der Waals surface area contributed by atoms with Crippen molar-refractivity contribution in [3.8, 4) is 17.1 Å². The zero-order valence-corrected chi connectivity index (χ0v) is 12.7. The van der Waals surface area contributed by atoms with Crippen molar-refractivity contribution in [1.29, 1.82) is 0 Å². The van der Waals surface area contributed by atoms with Crippen LogP contribution in [0.1, 0.15) is 10.5 Å². The highest BCUT2D eigenvalue weighted by Crippen LogP contribution is 2.26. The van der Waals surface area contributed by atoms with Crippen LogP contribution in [0.25, 0.3) is 17.1 Å². The molecule has 0 saturated heterocycles. The van der Waals surface area contributed by atoms with Gasteiger partial charge in [-0.25, -0.2) is 4.68 Å². The molecular weight excluding hydrogens is 320 g/mol. The standard InChI is InChI=1S/C15H13ClN4O3/c16-10-3-5-11(6-4-10)20-14(12-2-1-9-23-12)13(18-19-20)15(22)17-7-8-21/h1-6,9,21H,7-8H2,(H,17,22). The van der Waals surface area contributed by atoms with Gasteiger partial charge < -0.3 is 14.8 Å². The molecule has 0 aliphatic rings. The lowest BCUT2D eigenvalue weighted by molar-refractivity contribution is 0.0940. The summed E-state index contributed by atoms with van der Waals surface area (Å²) in [5, 5.41) is 20.0. The molecule has 2 aromatic heterocycles. The minimum atomic E-state index is -0.439. The molecule has 0 bridgehead atoms. The SMILES string of the molecule is O=C(NCCO)c1nnn(-c2ccc(Cl)cc2)c1-c1ccco1. The number of furan rings is 1. The molecule has 7 nitrogen and oxygen atoms in total. The largest absolute Gasteiger partial charge is 0.463 e. The van der Waals surface area contributed by atoms with Gasteiger partial charge >= 0.3 is 0 Å². The average Bonchev–Trinajstić information content (AvgIpc) is 3.22. The number of carbonyl (C=O) groups excluding carboxylic acids is 1. The maximum atomic E-state index is 12.2. The topological polar surface area (TPSA) is 93.2 Å². The highest BCUT2D eigenvalue weighted by Gasteiger charge is 2.23. The van der Waals surface area contributed by atoms with Crippen molar-refractivity contribution in [3.63, 3.8) is 0 Å². The molecule has 3 aromatic rings. The van der Waals surface area contributed by atoms with Gasteiger partial charge in [-0.1, -0.05) is 16.8 Å². The van der Waals surface area contributed by atoms with Gasteiger partial charge in [0.25, 0.3) is 5.91 Å². The number of nitrogens with zero attached hydrogens (tertiary/aromatic N) is 3. The number of hydrogen-bond acceptors (Lipinski definition) is 5. The van der Waals surface area contributed by atoms with Gasteiger partial charge in [0.2, 0.25) is 0 Å². The van der Waals surface area contributed by atoms with Crippen LogP contribution in [-0.2, 0) is 0 Å². The number of rotatable bonds is 5. The molecule has 0 saturated carbocycles. The average molecular weight is 333 g/mol. The summed E-state index contributed by atoms with van der Waals surface area (Å²) in [6.07, 6.45) is 1.50. The molecule has 0 atom stereocenters. The zero-order chi connectivity index (χ0) is 16.2. The van der Waals surface area contributed by atoms with E-state index >= 15 is 0 Å². The van der Waals surface area contributed by atoms with Crippen molar-refractivity contribution in [1.82, 2.24) is 20.3 Å². The molecule has 0 fully saturated rings. The van der Waals surface area contributed by atoms with Gasteiger partial charge in [-0.05, 0) is 36.4 Å². The lowest BCUT2D eigenvalue weighted by Crippen LogP contribution is -2.27. The quantitative estimate of drug-likeness (QED) is 0.744. The summed E-state index contributed by atoms with van der Waals surface area (Å²) in [7, 11) is 0. The van der Waals surface area contributed by atoms with Crippen molar-refractivity contribution in [3.05, 3.63) is 53.4 Å². The van der Waals surface area contributed by atoms with Crippen molar-refractivity contribution in [2.45, 2.75) is 0 Å². The van der Waals surface area contributed by atoms with Gasteiger partial charge in [0.05, 0.1) is 18.6 Å². The number of aliphatic hydroxyl groups is 1. The Kier molecular flexibility index (Phi) is 4.40. The second-order valence-electron chi connectivity index (χ2n) is 4.63. The molecule has 118 valence electrons. The molecule has 1 amide bonds. The molecule has 0 radical (unpaired) electrons. The highest BCUT2D eigenvalue weighted by molar-refractivity contribution is 6.30. The molecule has 0 spiro atoms. The molecule has 0 aliphatic heterocycles. The zero-order valence-electron chi connectivity index (χ0n) is 11.9. The first-order chi connectivity index (χ1) is 11.2. The molecular formula is C15H13ClN4O3. The number of benzene rings is 1. The second kappa shape index (κ2) is 6.64. The van der Waals surface area contributed by atoms with E-state index in [1.807, 2.05) is 0 Å². The molecule has 2 heterocycles. The van der Waals surface area contributed by atoms with Gasteiger partial charge in [-0.3, -0.25) is 4.79 Å². The third-order valence-electron chi connectivity index (χ3n) is 3.11. The van der Waals surface area contributed by atoms with Crippen LogP contribution in [-0.4, -0.2) is 39.2 Å². The molecule has 0 aliphatic carbocycles. The predicted molar refractivity (Wildman–Crippen MR) is 83.5 cm³/mol. The Morgan fingerprint density at radius 1 is 1.30 bits per heavy atom. The Hall–Kier alpha value is -2.64. The van der Waals surface area contributed by atoms with Crippen LogP contribution in [0.4, 0.5) is 0 Å². The lowest BCUT2D eigenvalue weighted by atomic mass is 10.2. The predicted octanol–water partition coefficient (Wildman–Crippen LogP) is 1.90. The normalized spacial score (nSPS) is 10.7. The smallest absolute Gasteiger partial charge is 0.274 e. The first-order valence-electron chi connectivity index (χ1n) is 6.85. The van der Waals surface area contributed by atoms with Crippen LogP contribution in [0.5, 0.6) is 0 Å².